The van der Waals surface area contributed by atoms with Crippen LogP contribution in [0, 0.1) is 17.3 Å². The number of carbonyl (C=O) groups excluding carboxylic acids is 2. The Bertz CT molecular complexity index is 1190. The molecule has 4 heterocycles. The molecule has 7 rings (SSSR count). The number of nitrogens with two attached hydrogens (primary N) is 1. The molecule has 13 nitrogen and oxygen atoms in total. The fourth-order valence-corrected chi connectivity index (χ4v) is 8.39. The number of carboxylic acid groups (broad SMARTS) is 1. The van der Waals surface area contributed by atoms with Gasteiger partial charge >= 0.3 is 17.9 Å². The summed E-state index contributed by atoms with van der Waals surface area (Å²) in [6.07, 6.45) is 0.464. The highest BCUT2D eigenvalue weighted by atomic mass is 16.8. The molecule has 0 amide bonds. The van der Waals surface area contributed by atoms with Crippen LogP contribution >= 0.6 is 0 Å². The second-order valence-corrected chi connectivity index (χ2v) is 13.1. The van der Waals surface area contributed by atoms with E-state index in [4.69, 9.17) is 49.8 Å². The zero-order chi connectivity index (χ0) is 29.8. The van der Waals surface area contributed by atoms with Crippen molar-refractivity contribution in [3.8, 4) is 0 Å². The number of aliphatic carboxylic acids is 1. The van der Waals surface area contributed by atoms with Crippen molar-refractivity contribution < 1.29 is 58.5 Å². The van der Waals surface area contributed by atoms with Gasteiger partial charge < -0.3 is 49.8 Å². The Labute approximate surface area is 236 Å². The molecule has 0 aromatic carbocycles. The number of aliphatic hydroxyl groups excluding tert-OH is 3. The number of esters is 2. The van der Waals surface area contributed by atoms with Gasteiger partial charge in [0.2, 0.25) is 0 Å². The first-order chi connectivity index (χ1) is 19.3. The van der Waals surface area contributed by atoms with Gasteiger partial charge in [-0.25, -0.2) is 4.79 Å². The Kier molecular flexibility index (Phi) is 6.49. The lowest BCUT2D eigenvalue weighted by molar-refractivity contribution is -0.170. The second-order valence-electron chi connectivity index (χ2n) is 13.1. The number of cyclic esters (lactones) is 1. The van der Waals surface area contributed by atoms with Crippen LogP contribution < -0.4 is 5.73 Å². The summed E-state index contributed by atoms with van der Waals surface area (Å²) in [6.45, 7) is 5.44. The summed E-state index contributed by atoms with van der Waals surface area (Å²) in [6, 6.07) is 0. The SMILES string of the molecule is CC(C)[C@]12O[C@H]1[C@@H]1O[C@]13[C@]1(O[C@H]1C[C@H]1C4=C(CC[C@@]13C)C(=O)OC4)[C@@H]2OC(=O)CCC(=O)O.NC(CO)(CO)CO. The summed E-state index contributed by atoms with van der Waals surface area (Å²) in [5.74, 6) is -1.63. The third-order valence-electron chi connectivity index (χ3n) is 10.8. The molecule has 0 aromatic heterocycles. The van der Waals surface area contributed by atoms with Crippen LogP contribution in [-0.2, 0) is 38.1 Å². The average molecular weight is 582 g/mol. The molecule has 3 aliphatic carbocycles. The first-order valence-corrected chi connectivity index (χ1v) is 14.3. The van der Waals surface area contributed by atoms with Crippen LogP contribution in [0.3, 0.4) is 0 Å². The van der Waals surface area contributed by atoms with Crippen LogP contribution in [0.1, 0.15) is 52.9 Å². The number of epoxide rings is 3. The molecule has 41 heavy (non-hydrogen) atoms. The molecule has 0 aromatic rings. The van der Waals surface area contributed by atoms with Crippen molar-refractivity contribution in [1.82, 2.24) is 0 Å². The summed E-state index contributed by atoms with van der Waals surface area (Å²) >= 11 is 0. The average Bonchev–Trinajstić information content (AvgIpc) is 3.86. The summed E-state index contributed by atoms with van der Waals surface area (Å²) < 4.78 is 30.9. The molecule has 0 bridgehead atoms. The zero-order valence-electron chi connectivity index (χ0n) is 23.5. The number of carbonyl (C=O) groups is 3. The van der Waals surface area contributed by atoms with Crippen LogP contribution in [0.2, 0.25) is 0 Å². The van der Waals surface area contributed by atoms with E-state index in [1.54, 1.807) is 0 Å². The van der Waals surface area contributed by atoms with Gasteiger partial charge in [-0.15, -0.1) is 0 Å². The topological polar surface area (TPSA) is 214 Å². The predicted octanol–water partition coefficient (Wildman–Crippen LogP) is -0.820. The van der Waals surface area contributed by atoms with Gasteiger partial charge in [-0.3, -0.25) is 9.59 Å². The van der Waals surface area contributed by atoms with E-state index in [2.05, 4.69) is 6.92 Å². The van der Waals surface area contributed by atoms with E-state index < -0.39 is 60.2 Å². The zero-order valence-corrected chi connectivity index (χ0v) is 23.5. The highest BCUT2D eigenvalue weighted by molar-refractivity contribution is 5.92. The Morgan fingerprint density at radius 2 is 1.78 bits per heavy atom. The van der Waals surface area contributed by atoms with Gasteiger partial charge in [0, 0.05) is 11.0 Å². The van der Waals surface area contributed by atoms with Gasteiger partial charge in [-0.1, -0.05) is 20.8 Å². The maximum atomic E-state index is 12.7. The Morgan fingerprint density at radius 1 is 1.10 bits per heavy atom. The first kappa shape index (κ1) is 29.0. The number of ether oxygens (including phenoxy) is 5. The van der Waals surface area contributed by atoms with Crippen LogP contribution in [0.15, 0.2) is 11.1 Å². The Balaban J connectivity index is 0.000000334. The molecule has 2 saturated carbocycles. The summed E-state index contributed by atoms with van der Waals surface area (Å²) in [5, 5.41) is 34.0. The van der Waals surface area contributed by atoms with Gasteiger partial charge in [0.25, 0.3) is 0 Å². The third-order valence-corrected chi connectivity index (χ3v) is 10.8. The molecule has 3 saturated heterocycles. The van der Waals surface area contributed by atoms with Crippen molar-refractivity contribution in [3.05, 3.63) is 11.1 Å². The Hall–Kier alpha value is -2.13. The van der Waals surface area contributed by atoms with Crippen LogP contribution in [0.25, 0.3) is 0 Å². The smallest absolute Gasteiger partial charge is 0.334 e. The molecule has 4 aliphatic heterocycles. The molecule has 9 atom stereocenters. The van der Waals surface area contributed by atoms with E-state index in [0.717, 1.165) is 17.6 Å². The highest BCUT2D eigenvalue weighted by Gasteiger charge is 3.01. The van der Waals surface area contributed by atoms with Gasteiger partial charge in [0.1, 0.15) is 30.0 Å². The van der Waals surface area contributed by atoms with E-state index >= 15 is 0 Å². The number of aliphatic hydroxyl groups is 3. The van der Waals surface area contributed by atoms with Gasteiger partial charge in [-0.05, 0) is 36.7 Å². The maximum Gasteiger partial charge on any atom is 0.334 e. The van der Waals surface area contributed by atoms with E-state index in [0.29, 0.717) is 19.4 Å². The number of rotatable bonds is 8. The Morgan fingerprint density at radius 3 is 2.37 bits per heavy atom. The van der Waals surface area contributed by atoms with E-state index in [-0.39, 0.29) is 54.4 Å². The molecular formula is C28H39NO12. The molecule has 5 fully saturated rings. The molecular weight excluding hydrogens is 542 g/mol. The van der Waals surface area contributed by atoms with E-state index in [1.165, 1.54) is 0 Å². The minimum absolute atomic E-state index is 0.0632. The second kappa shape index (κ2) is 9.18. The summed E-state index contributed by atoms with van der Waals surface area (Å²) in [7, 11) is 0. The lowest BCUT2D eigenvalue weighted by Crippen LogP contribution is -2.70. The third kappa shape index (κ3) is 3.63. The van der Waals surface area contributed by atoms with Crippen LogP contribution in [0.4, 0.5) is 0 Å². The lowest BCUT2D eigenvalue weighted by Gasteiger charge is -2.53. The number of carboxylic acids is 1. The van der Waals surface area contributed by atoms with Crippen molar-refractivity contribution in [1.29, 1.82) is 0 Å². The first-order valence-electron chi connectivity index (χ1n) is 14.3. The fourth-order valence-electron chi connectivity index (χ4n) is 8.39. The van der Waals surface area contributed by atoms with Crippen LogP contribution in [0.5, 0.6) is 0 Å². The minimum atomic E-state index is -1.21. The maximum absolute atomic E-state index is 12.7. The number of hydrogen-bond acceptors (Lipinski definition) is 12. The van der Waals surface area contributed by atoms with Gasteiger partial charge in [0.15, 0.2) is 11.7 Å². The van der Waals surface area contributed by atoms with E-state index in [9.17, 15) is 14.4 Å². The highest BCUT2D eigenvalue weighted by Crippen LogP contribution is 2.83. The van der Waals surface area contributed by atoms with E-state index in [1.807, 2.05) is 13.8 Å². The number of fused-ring (bicyclic) bond motifs is 4. The minimum Gasteiger partial charge on any atom is -0.481 e. The molecule has 0 unspecified atom stereocenters. The molecule has 228 valence electrons. The fraction of sp³-hybridized carbons (Fsp3) is 0.821. The van der Waals surface area contributed by atoms with Crippen molar-refractivity contribution >= 4 is 17.9 Å². The number of hydrogen-bond donors (Lipinski definition) is 5. The molecule has 2 spiro atoms. The lowest BCUT2D eigenvalue weighted by atomic mass is 9.46. The quantitative estimate of drug-likeness (QED) is 0.175. The molecule has 0 radical (unpaired) electrons. The molecule has 13 heteroatoms. The molecule has 7 aliphatic rings. The standard InChI is InChI=1S/C24H28O9.C4H11NO3/c1-10(2)22-17(32-22)18-24(33-18)21(3)7-6-11-12(9-29-19(11)28)13(21)8-14-23(24,31-14)20(22)30-16(27)5-4-15(25)26;5-4(1-6,2-7)3-8/h10,13-14,17-18,20H,4-9H2,1-3H3,(H,25,26);6-8H,1-3,5H2/t13-,14-,17-,18-,20+,21-,22-,23+,24+;/m0./s1. The molecule has 6 N–H and O–H groups in total. The van der Waals surface area contributed by atoms with Crippen LogP contribution in [-0.4, -0.2) is 112 Å². The van der Waals surface area contributed by atoms with Gasteiger partial charge in [-0.2, -0.15) is 0 Å². The van der Waals surface area contributed by atoms with Gasteiger partial charge in [0.05, 0.1) is 44.3 Å². The van der Waals surface area contributed by atoms with Crippen molar-refractivity contribution in [3.63, 3.8) is 0 Å². The van der Waals surface area contributed by atoms with Crippen molar-refractivity contribution in [2.24, 2.45) is 23.0 Å². The normalized spacial score (nSPS) is 44.1. The monoisotopic (exact) mass is 581 g/mol. The predicted molar refractivity (Wildman–Crippen MR) is 136 cm³/mol. The van der Waals surface area contributed by atoms with Crippen molar-refractivity contribution in [2.75, 3.05) is 26.4 Å². The summed E-state index contributed by atoms with van der Waals surface area (Å²) in [5.41, 5.74) is 3.37. The van der Waals surface area contributed by atoms with Crippen molar-refractivity contribution in [2.45, 2.75) is 99.6 Å². The largest absolute Gasteiger partial charge is 0.481 e. The summed E-state index contributed by atoms with van der Waals surface area (Å²) in [4.78, 5) is 36.0.